The SMILES string of the molecule is COC(O)C1(COC(=O)c2cncn2[C@H](C)c2ccccc2)CNC1. The van der Waals surface area contributed by atoms with E-state index in [-0.39, 0.29) is 12.6 Å². The van der Waals surface area contributed by atoms with Crippen LogP contribution in [-0.2, 0) is 9.47 Å². The van der Waals surface area contributed by atoms with Crippen molar-refractivity contribution in [2.45, 2.75) is 19.3 Å². The minimum Gasteiger partial charge on any atom is -0.460 e. The van der Waals surface area contributed by atoms with Gasteiger partial charge in [-0.2, -0.15) is 0 Å². The molecule has 1 aromatic heterocycles. The minimum atomic E-state index is -0.977. The summed E-state index contributed by atoms with van der Waals surface area (Å²) < 4.78 is 12.3. The average molecular weight is 345 g/mol. The standard InChI is InChI=1S/C18H23N3O4/c1-13(14-6-4-3-5-7-14)21-12-19-8-15(21)16(22)25-11-18(9-20-10-18)17(23)24-2/h3-8,12-13,17,20,23H,9-11H2,1-2H3/t13-,17?/m1/s1. The van der Waals surface area contributed by atoms with E-state index < -0.39 is 17.7 Å². The average Bonchev–Trinajstić information content (AvgIpc) is 3.10. The van der Waals surface area contributed by atoms with Crippen molar-refractivity contribution >= 4 is 5.97 Å². The van der Waals surface area contributed by atoms with Crippen molar-refractivity contribution in [1.82, 2.24) is 14.9 Å². The van der Waals surface area contributed by atoms with Crippen LogP contribution in [0.25, 0.3) is 0 Å². The Morgan fingerprint density at radius 2 is 2.12 bits per heavy atom. The number of carbonyl (C=O) groups is 1. The predicted molar refractivity (Wildman–Crippen MR) is 91.1 cm³/mol. The first kappa shape index (κ1) is 17.6. The van der Waals surface area contributed by atoms with Crippen LogP contribution < -0.4 is 5.32 Å². The molecule has 0 aliphatic carbocycles. The number of nitrogens with one attached hydrogen (secondary N) is 1. The molecule has 1 aromatic carbocycles. The second-order valence-electron chi connectivity index (χ2n) is 6.40. The summed E-state index contributed by atoms with van der Waals surface area (Å²) in [6, 6.07) is 9.83. The van der Waals surface area contributed by atoms with Crippen molar-refractivity contribution in [3.8, 4) is 0 Å². The van der Waals surface area contributed by atoms with Crippen molar-refractivity contribution in [3.05, 3.63) is 54.1 Å². The quantitative estimate of drug-likeness (QED) is 0.579. The zero-order valence-electron chi connectivity index (χ0n) is 14.4. The van der Waals surface area contributed by atoms with E-state index in [1.54, 1.807) is 10.9 Å². The Morgan fingerprint density at radius 1 is 1.40 bits per heavy atom. The van der Waals surface area contributed by atoms with E-state index in [4.69, 9.17) is 9.47 Å². The van der Waals surface area contributed by atoms with Crippen LogP contribution in [0, 0.1) is 5.41 Å². The molecule has 7 heteroatoms. The van der Waals surface area contributed by atoms with Crippen LogP contribution in [0.5, 0.6) is 0 Å². The van der Waals surface area contributed by atoms with E-state index >= 15 is 0 Å². The highest BCUT2D eigenvalue weighted by Gasteiger charge is 2.45. The Bertz CT molecular complexity index is 712. The lowest BCUT2D eigenvalue weighted by Crippen LogP contribution is -2.63. The third-order valence-corrected chi connectivity index (χ3v) is 4.77. The number of aromatic nitrogens is 2. The predicted octanol–water partition coefficient (Wildman–Crippen LogP) is 1.20. The smallest absolute Gasteiger partial charge is 0.356 e. The number of ether oxygens (including phenoxy) is 2. The zero-order chi connectivity index (χ0) is 17.9. The first-order valence-corrected chi connectivity index (χ1v) is 8.23. The molecule has 7 nitrogen and oxygen atoms in total. The van der Waals surface area contributed by atoms with Crippen LogP contribution in [0.3, 0.4) is 0 Å². The molecule has 134 valence electrons. The van der Waals surface area contributed by atoms with E-state index in [1.165, 1.54) is 13.3 Å². The Morgan fingerprint density at radius 3 is 2.72 bits per heavy atom. The number of esters is 1. The highest BCUT2D eigenvalue weighted by molar-refractivity contribution is 5.87. The van der Waals surface area contributed by atoms with E-state index in [0.717, 1.165) is 5.56 Å². The van der Waals surface area contributed by atoms with E-state index in [9.17, 15) is 9.90 Å². The van der Waals surface area contributed by atoms with Crippen LogP contribution in [0.15, 0.2) is 42.9 Å². The molecule has 1 unspecified atom stereocenters. The summed E-state index contributed by atoms with van der Waals surface area (Å²) in [7, 11) is 1.43. The van der Waals surface area contributed by atoms with Crippen LogP contribution >= 0.6 is 0 Å². The number of imidazole rings is 1. The summed E-state index contributed by atoms with van der Waals surface area (Å²) >= 11 is 0. The molecule has 0 amide bonds. The normalized spacial score (nSPS) is 18.2. The maximum absolute atomic E-state index is 12.5. The molecule has 1 aliphatic heterocycles. The molecular formula is C18H23N3O4. The van der Waals surface area contributed by atoms with Gasteiger partial charge in [0.2, 0.25) is 0 Å². The number of aliphatic hydroxyl groups excluding tert-OH is 1. The van der Waals surface area contributed by atoms with E-state index in [1.807, 2.05) is 37.3 Å². The van der Waals surface area contributed by atoms with Gasteiger partial charge in [-0.05, 0) is 12.5 Å². The van der Waals surface area contributed by atoms with Gasteiger partial charge in [0.1, 0.15) is 12.3 Å². The summed E-state index contributed by atoms with van der Waals surface area (Å²) in [5.41, 5.74) is 0.857. The maximum Gasteiger partial charge on any atom is 0.356 e. The molecule has 1 fully saturated rings. The number of hydrogen-bond acceptors (Lipinski definition) is 6. The molecule has 2 atom stereocenters. The molecule has 3 rings (SSSR count). The van der Waals surface area contributed by atoms with Crippen LogP contribution in [-0.4, -0.2) is 53.7 Å². The Labute approximate surface area is 146 Å². The largest absolute Gasteiger partial charge is 0.460 e. The van der Waals surface area contributed by atoms with Crippen LogP contribution in [0.4, 0.5) is 0 Å². The summed E-state index contributed by atoms with van der Waals surface area (Å²) in [6.45, 7) is 3.16. The fourth-order valence-corrected chi connectivity index (χ4v) is 2.99. The van der Waals surface area contributed by atoms with Gasteiger partial charge in [0.05, 0.1) is 24.0 Å². The molecule has 0 saturated carbocycles. The molecule has 2 N–H and O–H groups in total. The summed E-state index contributed by atoms with van der Waals surface area (Å²) in [5.74, 6) is -0.463. The third kappa shape index (κ3) is 3.44. The number of methoxy groups -OCH3 is 1. The summed E-state index contributed by atoms with van der Waals surface area (Å²) in [5, 5.41) is 13.1. The monoisotopic (exact) mass is 345 g/mol. The van der Waals surface area contributed by atoms with Crippen molar-refractivity contribution < 1.29 is 19.4 Å². The fourth-order valence-electron chi connectivity index (χ4n) is 2.99. The lowest BCUT2D eigenvalue weighted by atomic mass is 9.82. The van der Waals surface area contributed by atoms with Gasteiger partial charge >= 0.3 is 5.97 Å². The molecule has 1 aliphatic rings. The lowest BCUT2D eigenvalue weighted by Gasteiger charge is -2.44. The Kier molecular flexibility index (Phi) is 5.17. The second-order valence-corrected chi connectivity index (χ2v) is 6.40. The van der Waals surface area contributed by atoms with Gasteiger partial charge < -0.3 is 24.5 Å². The first-order chi connectivity index (χ1) is 12.1. The second kappa shape index (κ2) is 7.35. The molecule has 1 saturated heterocycles. The van der Waals surface area contributed by atoms with E-state index in [2.05, 4.69) is 10.3 Å². The van der Waals surface area contributed by atoms with Gasteiger partial charge in [-0.25, -0.2) is 9.78 Å². The Balaban J connectivity index is 1.71. The zero-order valence-corrected chi connectivity index (χ0v) is 14.4. The van der Waals surface area contributed by atoms with Crippen molar-refractivity contribution in [2.75, 3.05) is 26.8 Å². The maximum atomic E-state index is 12.5. The number of carbonyl (C=O) groups excluding carboxylic acids is 1. The molecular weight excluding hydrogens is 322 g/mol. The topological polar surface area (TPSA) is 85.6 Å². The highest BCUT2D eigenvalue weighted by Crippen LogP contribution is 2.29. The highest BCUT2D eigenvalue weighted by atomic mass is 16.6. The molecule has 0 bridgehead atoms. The van der Waals surface area contributed by atoms with Crippen LogP contribution in [0.1, 0.15) is 29.0 Å². The fraction of sp³-hybridized carbons (Fsp3) is 0.444. The van der Waals surface area contributed by atoms with Gasteiger partial charge in [-0.3, -0.25) is 0 Å². The lowest BCUT2D eigenvalue weighted by molar-refractivity contribution is -0.189. The molecule has 0 radical (unpaired) electrons. The van der Waals surface area contributed by atoms with Gasteiger partial charge in [0, 0.05) is 20.2 Å². The summed E-state index contributed by atoms with van der Waals surface area (Å²) in [6.07, 6.45) is 2.15. The number of aliphatic hydroxyl groups is 1. The number of benzene rings is 1. The minimum absolute atomic E-state index is 0.0462. The third-order valence-electron chi connectivity index (χ3n) is 4.77. The van der Waals surface area contributed by atoms with Crippen LogP contribution in [0.2, 0.25) is 0 Å². The molecule has 2 heterocycles. The van der Waals surface area contributed by atoms with Gasteiger partial charge in [-0.15, -0.1) is 0 Å². The molecule has 25 heavy (non-hydrogen) atoms. The van der Waals surface area contributed by atoms with Gasteiger partial charge in [0.25, 0.3) is 0 Å². The van der Waals surface area contributed by atoms with Gasteiger partial charge in [0.15, 0.2) is 6.29 Å². The van der Waals surface area contributed by atoms with Gasteiger partial charge in [-0.1, -0.05) is 30.3 Å². The summed E-state index contributed by atoms with van der Waals surface area (Å²) in [4.78, 5) is 16.6. The van der Waals surface area contributed by atoms with Crippen molar-refractivity contribution in [2.24, 2.45) is 5.41 Å². The number of rotatable bonds is 7. The number of hydrogen-bond donors (Lipinski definition) is 2. The van der Waals surface area contributed by atoms with Crippen molar-refractivity contribution in [1.29, 1.82) is 0 Å². The van der Waals surface area contributed by atoms with Crippen molar-refractivity contribution in [3.63, 3.8) is 0 Å². The molecule has 2 aromatic rings. The Hall–Kier alpha value is -2.22. The van der Waals surface area contributed by atoms with E-state index in [0.29, 0.717) is 18.8 Å². The first-order valence-electron chi connectivity index (χ1n) is 8.23. The molecule has 0 spiro atoms. The number of nitrogens with zero attached hydrogens (tertiary/aromatic N) is 2.